The monoisotopic (exact) mass is 243 g/mol. The van der Waals surface area contributed by atoms with Crippen LogP contribution in [0.15, 0.2) is 18.2 Å². The molecule has 1 heterocycles. The van der Waals surface area contributed by atoms with Gasteiger partial charge in [0.25, 0.3) is 0 Å². The van der Waals surface area contributed by atoms with Crippen molar-refractivity contribution in [2.24, 2.45) is 0 Å². The van der Waals surface area contributed by atoms with Crippen LogP contribution < -0.4 is 0 Å². The Balaban J connectivity index is 2.93. The van der Waals surface area contributed by atoms with Crippen LogP contribution in [-0.2, 0) is 20.4 Å². The predicted octanol–water partition coefficient (Wildman–Crippen LogP) is 0.778. The maximum Gasteiger partial charge on any atom is 0.321 e. The molecule has 1 N–H and O–H groups in total. The van der Waals surface area contributed by atoms with Crippen LogP contribution in [0.25, 0.3) is 0 Å². The van der Waals surface area contributed by atoms with Crippen LogP contribution in [0.1, 0.15) is 18.3 Å². The Labute approximate surface area is 94.1 Å². The van der Waals surface area contributed by atoms with Crippen molar-refractivity contribution >= 4 is 15.8 Å². The maximum absolute atomic E-state index is 11.6. The van der Waals surface area contributed by atoms with E-state index in [1.807, 2.05) is 0 Å². The van der Waals surface area contributed by atoms with E-state index >= 15 is 0 Å². The maximum atomic E-state index is 11.6. The first kappa shape index (κ1) is 12.6. The minimum absolute atomic E-state index is 0.345. The van der Waals surface area contributed by atoms with Gasteiger partial charge in [-0.3, -0.25) is 9.78 Å². The summed E-state index contributed by atoms with van der Waals surface area (Å²) in [5.41, 5.74) is 1.07. The summed E-state index contributed by atoms with van der Waals surface area (Å²) in [6.45, 7) is 2.91. The molecule has 1 aromatic heterocycles. The summed E-state index contributed by atoms with van der Waals surface area (Å²) < 4.78 is 23.3. The number of aryl methyl sites for hydroxylation is 1. The van der Waals surface area contributed by atoms with E-state index in [1.165, 1.54) is 0 Å². The fraction of sp³-hybridized carbons (Fsp3) is 0.400. The van der Waals surface area contributed by atoms with Crippen molar-refractivity contribution in [1.82, 2.24) is 4.98 Å². The summed E-state index contributed by atoms with van der Waals surface area (Å²) in [5, 5.41) is 7.24. The third-order valence-corrected chi connectivity index (χ3v) is 4.16. The van der Waals surface area contributed by atoms with E-state index in [-0.39, 0.29) is 5.75 Å². The summed E-state index contributed by atoms with van der Waals surface area (Å²) in [5.74, 6) is -1.69. The number of carboxylic acid groups (broad SMARTS) is 1. The molecule has 0 radical (unpaired) electrons. The molecular weight excluding hydrogens is 230 g/mol. The Morgan fingerprint density at radius 2 is 2.12 bits per heavy atom. The van der Waals surface area contributed by atoms with Gasteiger partial charge in [-0.05, 0) is 26.0 Å². The molecule has 6 heteroatoms. The lowest BCUT2D eigenvalue weighted by molar-refractivity contribution is -0.136. The Kier molecular flexibility index (Phi) is 3.64. The molecule has 0 aromatic carbocycles. The van der Waals surface area contributed by atoms with Crippen LogP contribution in [0.4, 0.5) is 0 Å². The average Bonchev–Trinajstić information content (AvgIpc) is 2.15. The minimum atomic E-state index is -3.69. The molecular formula is C10H13NO4S. The summed E-state index contributed by atoms with van der Waals surface area (Å²) in [7, 11) is -3.69. The van der Waals surface area contributed by atoms with E-state index in [1.54, 1.807) is 25.1 Å². The van der Waals surface area contributed by atoms with Gasteiger partial charge in [0, 0.05) is 5.69 Å². The van der Waals surface area contributed by atoms with Crippen molar-refractivity contribution in [3.63, 3.8) is 0 Å². The smallest absolute Gasteiger partial charge is 0.321 e. The molecule has 1 atom stereocenters. The average molecular weight is 243 g/mol. The normalized spacial score (nSPS) is 13.4. The van der Waals surface area contributed by atoms with Gasteiger partial charge in [-0.2, -0.15) is 0 Å². The Morgan fingerprint density at radius 3 is 2.62 bits per heavy atom. The number of carboxylic acids is 1. The number of aliphatic carboxylic acids is 1. The second-order valence-corrected chi connectivity index (χ2v) is 5.88. The zero-order chi connectivity index (χ0) is 12.3. The number of pyridine rings is 1. The van der Waals surface area contributed by atoms with Crippen LogP contribution in [0, 0.1) is 6.92 Å². The van der Waals surface area contributed by atoms with Gasteiger partial charge >= 0.3 is 5.97 Å². The van der Waals surface area contributed by atoms with Gasteiger partial charge < -0.3 is 5.11 Å². The highest BCUT2D eigenvalue weighted by Crippen LogP contribution is 2.10. The fourth-order valence-corrected chi connectivity index (χ4v) is 2.29. The second-order valence-electron chi connectivity index (χ2n) is 3.56. The van der Waals surface area contributed by atoms with Crippen LogP contribution in [0.2, 0.25) is 0 Å². The van der Waals surface area contributed by atoms with Crippen molar-refractivity contribution in [3.05, 3.63) is 29.6 Å². The first-order valence-corrected chi connectivity index (χ1v) is 6.41. The topological polar surface area (TPSA) is 84.3 Å². The van der Waals surface area contributed by atoms with Crippen molar-refractivity contribution < 1.29 is 18.3 Å². The van der Waals surface area contributed by atoms with E-state index in [0.29, 0.717) is 11.4 Å². The minimum Gasteiger partial charge on any atom is -0.480 e. The number of carbonyl (C=O) groups is 1. The largest absolute Gasteiger partial charge is 0.480 e. The summed E-state index contributed by atoms with van der Waals surface area (Å²) in [6, 6.07) is 5.01. The van der Waals surface area contributed by atoms with E-state index in [4.69, 9.17) is 5.11 Å². The first-order chi connectivity index (χ1) is 7.33. The second kappa shape index (κ2) is 4.61. The molecule has 0 bridgehead atoms. The van der Waals surface area contributed by atoms with E-state index in [9.17, 15) is 13.2 Å². The number of rotatable bonds is 4. The van der Waals surface area contributed by atoms with Crippen LogP contribution in [-0.4, -0.2) is 29.7 Å². The fourth-order valence-electron chi connectivity index (χ4n) is 1.16. The molecule has 0 saturated carbocycles. The summed E-state index contributed by atoms with van der Waals surface area (Å²) in [6.07, 6.45) is 0. The van der Waals surface area contributed by atoms with Crippen molar-refractivity contribution in [3.8, 4) is 0 Å². The molecule has 0 aliphatic rings. The predicted molar refractivity (Wildman–Crippen MR) is 58.7 cm³/mol. The lowest BCUT2D eigenvalue weighted by Gasteiger charge is -2.08. The SMILES string of the molecule is Cc1cccc(CS(=O)(=O)C(C)C(=O)O)n1. The number of hydrogen-bond acceptors (Lipinski definition) is 4. The lowest BCUT2D eigenvalue weighted by Crippen LogP contribution is -2.28. The molecule has 0 aliphatic heterocycles. The Hall–Kier alpha value is -1.43. The van der Waals surface area contributed by atoms with Crippen molar-refractivity contribution in [1.29, 1.82) is 0 Å². The molecule has 16 heavy (non-hydrogen) atoms. The molecule has 5 nitrogen and oxygen atoms in total. The Morgan fingerprint density at radius 1 is 1.50 bits per heavy atom. The molecule has 0 aliphatic carbocycles. The lowest BCUT2D eigenvalue weighted by atomic mass is 10.3. The highest BCUT2D eigenvalue weighted by molar-refractivity contribution is 7.91. The Bertz CT molecular complexity index is 495. The molecule has 0 amide bonds. The van der Waals surface area contributed by atoms with Crippen molar-refractivity contribution in [2.75, 3.05) is 0 Å². The van der Waals surface area contributed by atoms with Gasteiger partial charge in [-0.25, -0.2) is 8.42 Å². The molecule has 0 fully saturated rings. The highest BCUT2D eigenvalue weighted by atomic mass is 32.2. The van der Waals surface area contributed by atoms with E-state index < -0.39 is 21.1 Å². The third-order valence-electron chi connectivity index (χ3n) is 2.18. The standard InChI is InChI=1S/C10H13NO4S/c1-7-4-3-5-9(11-7)6-16(14,15)8(2)10(12)13/h3-5,8H,6H2,1-2H3,(H,12,13). The molecule has 0 saturated heterocycles. The zero-order valence-corrected chi connectivity index (χ0v) is 9.86. The molecule has 88 valence electrons. The highest BCUT2D eigenvalue weighted by Gasteiger charge is 2.28. The number of hydrogen-bond donors (Lipinski definition) is 1. The molecule has 1 rings (SSSR count). The molecule has 1 aromatic rings. The van der Waals surface area contributed by atoms with Crippen LogP contribution >= 0.6 is 0 Å². The van der Waals surface area contributed by atoms with Crippen molar-refractivity contribution in [2.45, 2.75) is 24.9 Å². The van der Waals surface area contributed by atoms with Gasteiger partial charge in [0.1, 0.15) is 0 Å². The van der Waals surface area contributed by atoms with E-state index in [2.05, 4.69) is 4.98 Å². The number of nitrogens with zero attached hydrogens (tertiary/aromatic N) is 1. The van der Waals surface area contributed by atoms with Gasteiger partial charge in [0.15, 0.2) is 15.1 Å². The van der Waals surface area contributed by atoms with Gasteiger partial charge in [-0.15, -0.1) is 0 Å². The third kappa shape index (κ3) is 3.03. The van der Waals surface area contributed by atoms with Gasteiger partial charge in [-0.1, -0.05) is 6.07 Å². The molecule has 0 spiro atoms. The van der Waals surface area contributed by atoms with Crippen LogP contribution in [0.3, 0.4) is 0 Å². The molecule has 1 unspecified atom stereocenters. The van der Waals surface area contributed by atoms with Crippen LogP contribution in [0.5, 0.6) is 0 Å². The number of sulfone groups is 1. The van der Waals surface area contributed by atoms with E-state index in [0.717, 1.165) is 6.92 Å². The van der Waals surface area contributed by atoms with Gasteiger partial charge in [0.2, 0.25) is 0 Å². The summed E-state index contributed by atoms with van der Waals surface area (Å²) in [4.78, 5) is 14.6. The van der Waals surface area contributed by atoms with Gasteiger partial charge in [0.05, 0.1) is 11.4 Å². The number of aromatic nitrogens is 1. The zero-order valence-electron chi connectivity index (χ0n) is 9.04. The first-order valence-electron chi connectivity index (χ1n) is 4.70. The summed E-state index contributed by atoms with van der Waals surface area (Å²) >= 11 is 0. The quantitative estimate of drug-likeness (QED) is 0.844.